The van der Waals surface area contributed by atoms with E-state index in [1.54, 1.807) is 0 Å². The van der Waals surface area contributed by atoms with Gasteiger partial charge in [0.15, 0.2) is 0 Å². The number of nitrogens with zero attached hydrogens (tertiary/aromatic N) is 1. The highest BCUT2D eigenvalue weighted by Crippen LogP contribution is 2.27. The largest absolute Gasteiger partial charge is 0.481 e. The van der Waals surface area contributed by atoms with Gasteiger partial charge in [-0.3, -0.25) is 9.69 Å². The van der Waals surface area contributed by atoms with Crippen molar-refractivity contribution in [2.45, 2.75) is 50.3 Å². The lowest BCUT2D eigenvalue weighted by Crippen LogP contribution is -2.49. The second-order valence-corrected chi connectivity index (χ2v) is 6.93. The minimum Gasteiger partial charge on any atom is -0.481 e. The van der Waals surface area contributed by atoms with Gasteiger partial charge >= 0.3 is 5.97 Å². The summed E-state index contributed by atoms with van der Waals surface area (Å²) in [5.74, 6) is -0.795. The summed E-state index contributed by atoms with van der Waals surface area (Å²) in [7, 11) is 0. The maximum Gasteiger partial charge on any atom is 0.306 e. The van der Waals surface area contributed by atoms with Crippen LogP contribution in [0.5, 0.6) is 0 Å². The van der Waals surface area contributed by atoms with E-state index in [1.807, 2.05) is 0 Å². The molecule has 3 rings (SSSR count). The molecule has 0 unspecified atom stereocenters. The molecule has 126 valence electrons. The van der Waals surface area contributed by atoms with Crippen molar-refractivity contribution in [3.63, 3.8) is 0 Å². The Morgan fingerprint density at radius 1 is 1.18 bits per heavy atom. The molecule has 0 aromatic heterocycles. The number of carbonyl (C=O) groups is 1. The maximum atomic E-state index is 11.0. The molecule has 6 nitrogen and oxygen atoms in total. The highest BCUT2D eigenvalue weighted by Gasteiger charge is 2.31. The lowest BCUT2D eigenvalue weighted by molar-refractivity contribution is -0.143. The van der Waals surface area contributed by atoms with Crippen LogP contribution in [0.2, 0.25) is 0 Å². The smallest absolute Gasteiger partial charge is 0.306 e. The number of nitrogens with one attached hydrogen (secondary N) is 2. The van der Waals surface area contributed by atoms with Crippen molar-refractivity contribution in [2.75, 3.05) is 39.3 Å². The van der Waals surface area contributed by atoms with Gasteiger partial charge in [-0.05, 0) is 32.1 Å². The Kier molecular flexibility index (Phi) is 5.68. The Labute approximate surface area is 132 Å². The highest BCUT2D eigenvalue weighted by atomic mass is 16.5. The van der Waals surface area contributed by atoms with E-state index < -0.39 is 5.97 Å². The Hall–Kier alpha value is -0.690. The second-order valence-electron chi connectivity index (χ2n) is 6.93. The third-order valence-corrected chi connectivity index (χ3v) is 5.42. The topological polar surface area (TPSA) is 73.8 Å². The van der Waals surface area contributed by atoms with Gasteiger partial charge in [-0.1, -0.05) is 0 Å². The average Bonchev–Trinajstić information content (AvgIpc) is 3.03. The fraction of sp³-hybridized carbons (Fsp3) is 0.938. The van der Waals surface area contributed by atoms with Crippen molar-refractivity contribution >= 4 is 5.97 Å². The van der Waals surface area contributed by atoms with Crippen LogP contribution >= 0.6 is 0 Å². The first kappa shape index (κ1) is 16.2. The molecular formula is C16H29N3O3. The molecule has 2 atom stereocenters. The fourth-order valence-corrected chi connectivity index (χ4v) is 3.98. The normalized spacial score (nSPS) is 37.3. The van der Waals surface area contributed by atoms with E-state index in [2.05, 4.69) is 15.5 Å². The van der Waals surface area contributed by atoms with Crippen LogP contribution in [-0.4, -0.2) is 73.5 Å². The van der Waals surface area contributed by atoms with E-state index >= 15 is 0 Å². The first-order valence-electron chi connectivity index (χ1n) is 8.75. The zero-order chi connectivity index (χ0) is 15.4. The molecule has 1 saturated carbocycles. The zero-order valence-corrected chi connectivity index (χ0v) is 13.3. The molecular weight excluding hydrogens is 282 g/mol. The van der Waals surface area contributed by atoms with E-state index in [1.165, 1.54) is 6.42 Å². The van der Waals surface area contributed by atoms with Gasteiger partial charge in [0.25, 0.3) is 0 Å². The number of aliphatic carboxylic acids is 1. The summed E-state index contributed by atoms with van der Waals surface area (Å²) >= 11 is 0. The average molecular weight is 311 g/mol. The predicted octanol–water partition coefficient (Wildman–Crippen LogP) is 0.282. The third kappa shape index (κ3) is 4.19. The molecule has 6 heteroatoms. The van der Waals surface area contributed by atoms with Crippen LogP contribution in [0.4, 0.5) is 0 Å². The van der Waals surface area contributed by atoms with Gasteiger partial charge in [0.1, 0.15) is 0 Å². The molecule has 2 saturated heterocycles. The summed E-state index contributed by atoms with van der Waals surface area (Å²) in [6, 6.07) is 1.11. The summed E-state index contributed by atoms with van der Waals surface area (Å²) in [4.78, 5) is 13.5. The van der Waals surface area contributed by atoms with E-state index in [-0.39, 0.29) is 12.0 Å². The molecule has 1 aliphatic carbocycles. The van der Waals surface area contributed by atoms with Crippen molar-refractivity contribution in [3.8, 4) is 0 Å². The number of carboxylic acid groups (broad SMARTS) is 1. The van der Waals surface area contributed by atoms with Crippen LogP contribution in [0.25, 0.3) is 0 Å². The summed E-state index contributed by atoms with van der Waals surface area (Å²) < 4.78 is 6.04. The van der Waals surface area contributed by atoms with Crippen LogP contribution in [0.1, 0.15) is 32.1 Å². The molecule has 0 radical (unpaired) electrons. The quantitative estimate of drug-likeness (QED) is 0.677. The SMILES string of the molecule is O=C(O)C1CCC(OC[C@@H]2C[C@H](N3CCNCC3)CN2)CC1. The van der Waals surface area contributed by atoms with Crippen LogP contribution in [-0.2, 0) is 9.53 Å². The van der Waals surface area contributed by atoms with Gasteiger partial charge in [0.2, 0.25) is 0 Å². The van der Waals surface area contributed by atoms with Gasteiger partial charge in [0, 0.05) is 44.8 Å². The number of hydrogen-bond acceptors (Lipinski definition) is 5. The Bertz CT molecular complexity index is 366. The summed E-state index contributed by atoms with van der Waals surface area (Å²) in [6.45, 7) is 6.35. The number of piperazine rings is 1. The van der Waals surface area contributed by atoms with Gasteiger partial charge in [-0.15, -0.1) is 0 Å². The molecule has 3 aliphatic rings. The zero-order valence-electron chi connectivity index (χ0n) is 13.3. The van der Waals surface area contributed by atoms with Crippen LogP contribution in [0.15, 0.2) is 0 Å². The molecule has 2 heterocycles. The summed E-state index contributed by atoms with van der Waals surface area (Å²) in [6.07, 6.45) is 4.75. The monoisotopic (exact) mass is 311 g/mol. The van der Waals surface area contributed by atoms with Crippen LogP contribution < -0.4 is 10.6 Å². The maximum absolute atomic E-state index is 11.0. The molecule has 0 spiro atoms. The fourth-order valence-electron chi connectivity index (χ4n) is 3.98. The van der Waals surface area contributed by atoms with Gasteiger partial charge in [0.05, 0.1) is 18.6 Å². The second kappa shape index (κ2) is 7.73. The van der Waals surface area contributed by atoms with Gasteiger partial charge in [-0.2, -0.15) is 0 Å². The molecule has 0 amide bonds. The van der Waals surface area contributed by atoms with Crippen molar-refractivity contribution in [3.05, 3.63) is 0 Å². The Balaban J connectivity index is 1.34. The Morgan fingerprint density at radius 2 is 1.91 bits per heavy atom. The van der Waals surface area contributed by atoms with E-state index in [4.69, 9.17) is 9.84 Å². The van der Waals surface area contributed by atoms with E-state index in [9.17, 15) is 4.79 Å². The van der Waals surface area contributed by atoms with Crippen molar-refractivity contribution in [2.24, 2.45) is 5.92 Å². The van der Waals surface area contributed by atoms with Crippen molar-refractivity contribution < 1.29 is 14.6 Å². The Morgan fingerprint density at radius 3 is 2.59 bits per heavy atom. The van der Waals surface area contributed by atoms with Gasteiger partial charge < -0.3 is 20.5 Å². The number of carboxylic acids is 1. The first-order valence-corrected chi connectivity index (χ1v) is 8.75. The van der Waals surface area contributed by atoms with Crippen LogP contribution in [0, 0.1) is 5.92 Å². The molecule has 22 heavy (non-hydrogen) atoms. The van der Waals surface area contributed by atoms with E-state index in [0.717, 1.165) is 65.0 Å². The van der Waals surface area contributed by atoms with Crippen molar-refractivity contribution in [1.29, 1.82) is 0 Å². The third-order valence-electron chi connectivity index (χ3n) is 5.42. The number of ether oxygens (including phenoxy) is 1. The molecule has 0 bridgehead atoms. The lowest BCUT2D eigenvalue weighted by Gasteiger charge is -2.32. The van der Waals surface area contributed by atoms with Crippen LogP contribution in [0.3, 0.4) is 0 Å². The van der Waals surface area contributed by atoms with Crippen molar-refractivity contribution in [1.82, 2.24) is 15.5 Å². The highest BCUT2D eigenvalue weighted by molar-refractivity contribution is 5.70. The summed E-state index contributed by atoms with van der Waals surface area (Å²) in [5, 5.41) is 16.0. The number of rotatable bonds is 5. The van der Waals surface area contributed by atoms with Gasteiger partial charge in [-0.25, -0.2) is 0 Å². The molecule has 0 aromatic rings. The van der Waals surface area contributed by atoms with E-state index in [0.29, 0.717) is 12.1 Å². The minimum absolute atomic E-state index is 0.151. The predicted molar refractivity (Wildman–Crippen MR) is 84.0 cm³/mol. The minimum atomic E-state index is -0.644. The summed E-state index contributed by atoms with van der Waals surface area (Å²) in [5.41, 5.74) is 0. The molecule has 2 aliphatic heterocycles. The lowest BCUT2D eigenvalue weighted by atomic mass is 9.87. The molecule has 0 aromatic carbocycles. The number of hydrogen-bond donors (Lipinski definition) is 3. The molecule has 3 fully saturated rings. The molecule has 3 N–H and O–H groups in total. The first-order chi connectivity index (χ1) is 10.7. The standard InChI is InChI=1S/C16H29N3O3/c20-16(21)12-1-3-15(4-2-12)22-11-13-9-14(10-18-13)19-7-5-17-6-8-19/h12-15,17-18H,1-11H2,(H,20,21)/t12?,13-,14-,15?/m0/s1.